The van der Waals surface area contributed by atoms with Crippen LogP contribution in [-0.2, 0) is 11.3 Å². The van der Waals surface area contributed by atoms with Crippen molar-refractivity contribution >= 4 is 36.3 Å². The zero-order valence-corrected chi connectivity index (χ0v) is 23.6. The molecule has 1 unspecified atom stereocenters. The fourth-order valence-corrected chi connectivity index (χ4v) is 5.21. The number of carbonyl (C=O) groups excluding carboxylic acids is 1. The number of aryl methyl sites for hydroxylation is 1. The van der Waals surface area contributed by atoms with E-state index in [1.54, 1.807) is 18.0 Å². The Labute approximate surface area is 226 Å². The van der Waals surface area contributed by atoms with Crippen LogP contribution in [0.1, 0.15) is 66.4 Å². The van der Waals surface area contributed by atoms with Crippen LogP contribution in [0.2, 0.25) is 0 Å². The summed E-state index contributed by atoms with van der Waals surface area (Å²) in [5.74, 6) is 0.179. The maximum atomic E-state index is 13.2. The number of hydrogen-bond donors (Lipinski definition) is 4. The number of carboxylic acids is 1. The molecule has 5 nitrogen and oxygen atoms in total. The Bertz CT molecular complexity index is 961. The van der Waals surface area contributed by atoms with Gasteiger partial charge in [-0.15, -0.1) is 0 Å². The summed E-state index contributed by atoms with van der Waals surface area (Å²) in [6.07, 6.45) is 12.1. The summed E-state index contributed by atoms with van der Waals surface area (Å²) in [5.41, 5.74) is 4.55. The summed E-state index contributed by atoms with van der Waals surface area (Å²) in [6.45, 7) is 3.78. The maximum Gasteiger partial charge on any atom is 0.326 e. The molecule has 1 aliphatic rings. The van der Waals surface area contributed by atoms with Crippen LogP contribution in [0.5, 0.6) is 0 Å². The quantitative estimate of drug-likeness (QED) is 0.194. The zero-order valence-electron chi connectivity index (χ0n) is 21.9. The number of carboxylic acid groups (broad SMARTS) is 1. The van der Waals surface area contributed by atoms with E-state index in [0.29, 0.717) is 17.7 Å². The Morgan fingerprint density at radius 3 is 2.47 bits per heavy atom. The van der Waals surface area contributed by atoms with E-state index >= 15 is 0 Å². The van der Waals surface area contributed by atoms with Crippen molar-refractivity contribution < 1.29 is 14.7 Å². The normalized spacial score (nSPS) is 14.4. The van der Waals surface area contributed by atoms with E-state index in [-0.39, 0.29) is 5.91 Å². The number of rotatable bonds is 12. The molecule has 1 amide bonds. The second kappa shape index (κ2) is 16.7. The van der Waals surface area contributed by atoms with Crippen LogP contribution in [0, 0.1) is 12.8 Å². The lowest BCUT2D eigenvalue weighted by Crippen LogP contribution is -2.41. The first-order chi connectivity index (χ1) is 17.5. The van der Waals surface area contributed by atoms with Crippen LogP contribution in [0.25, 0.3) is 11.1 Å². The van der Waals surface area contributed by atoms with Crippen molar-refractivity contribution in [3.05, 3.63) is 59.2 Å². The van der Waals surface area contributed by atoms with Crippen LogP contribution in [0.3, 0.4) is 0 Å². The monoisotopic (exact) mass is 530 g/mol. The average molecular weight is 531 g/mol. The van der Waals surface area contributed by atoms with E-state index in [0.717, 1.165) is 41.3 Å². The second-order valence-corrected chi connectivity index (χ2v) is 10.3. The van der Waals surface area contributed by atoms with E-state index in [9.17, 15) is 14.7 Å². The summed E-state index contributed by atoms with van der Waals surface area (Å²) in [5, 5.41) is 15.9. The van der Waals surface area contributed by atoms with Gasteiger partial charge in [-0.2, -0.15) is 24.4 Å². The van der Waals surface area contributed by atoms with Crippen molar-refractivity contribution in [2.24, 2.45) is 5.92 Å². The molecule has 0 aliphatic heterocycles. The molecule has 36 heavy (non-hydrogen) atoms. The lowest BCUT2D eigenvalue weighted by Gasteiger charge is -2.21. The molecule has 3 rings (SSSR count). The fourth-order valence-electron chi connectivity index (χ4n) is 4.74. The van der Waals surface area contributed by atoms with Gasteiger partial charge in [0.2, 0.25) is 0 Å². The molecule has 0 spiro atoms. The molecule has 0 bridgehead atoms. The smallest absolute Gasteiger partial charge is 0.326 e. The summed E-state index contributed by atoms with van der Waals surface area (Å²) in [4.78, 5) is 24.8. The topological polar surface area (TPSA) is 78.4 Å². The molecular weight excluding hydrogens is 488 g/mol. The highest BCUT2D eigenvalue weighted by Gasteiger charge is 2.22. The Balaban J connectivity index is 0.00000222. The lowest BCUT2D eigenvalue weighted by atomic mass is 9.87. The number of aliphatic carboxylic acids is 1. The number of thioether (sulfide) groups is 1. The van der Waals surface area contributed by atoms with Crippen molar-refractivity contribution in [1.29, 1.82) is 0 Å². The second-order valence-electron chi connectivity index (χ2n) is 9.31. The number of amides is 1. The molecule has 1 aliphatic carbocycles. The van der Waals surface area contributed by atoms with E-state index in [1.165, 1.54) is 38.5 Å². The van der Waals surface area contributed by atoms with Gasteiger partial charge in [0, 0.05) is 12.1 Å². The molecule has 0 radical (unpaired) electrons. The fraction of sp³-hybridized carbons (Fsp3) is 0.517. The number of nitrogens with one attached hydrogen (secondary N) is 2. The zero-order chi connectivity index (χ0) is 26.3. The highest BCUT2D eigenvalue weighted by atomic mass is 32.2. The molecule has 0 saturated heterocycles. The number of thiol groups is 1. The van der Waals surface area contributed by atoms with Gasteiger partial charge in [0.05, 0.1) is 0 Å². The predicted octanol–water partition coefficient (Wildman–Crippen LogP) is 6.20. The first-order valence-corrected chi connectivity index (χ1v) is 15.2. The largest absolute Gasteiger partial charge is 0.480 e. The Morgan fingerprint density at radius 1 is 1.08 bits per heavy atom. The molecule has 0 aromatic heterocycles. The molecule has 3 N–H and O–H groups in total. The van der Waals surface area contributed by atoms with E-state index in [1.807, 2.05) is 49.6 Å². The molecule has 0 heterocycles. The van der Waals surface area contributed by atoms with E-state index in [4.69, 9.17) is 0 Å². The molecular formula is C29H42N2O3S2. The van der Waals surface area contributed by atoms with Crippen LogP contribution >= 0.6 is 24.4 Å². The van der Waals surface area contributed by atoms with Gasteiger partial charge in [-0.05, 0) is 84.9 Å². The third-order valence-corrected chi connectivity index (χ3v) is 7.41. The average Bonchev–Trinajstić information content (AvgIpc) is 2.90. The minimum Gasteiger partial charge on any atom is -0.480 e. The highest BCUT2D eigenvalue weighted by molar-refractivity contribution is 7.98. The van der Waals surface area contributed by atoms with Gasteiger partial charge in [-0.3, -0.25) is 4.79 Å². The van der Waals surface area contributed by atoms with Crippen molar-refractivity contribution in [2.45, 2.75) is 64.5 Å². The first kappa shape index (κ1) is 30.3. The van der Waals surface area contributed by atoms with Gasteiger partial charge in [0.1, 0.15) is 6.04 Å². The van der Waals surface area contributed by atoms with E-state index in [2.05, 4.69) is 29.3 Å². The third-order valence-electron chi connectivity index (χ3n) is 6.76. The summed E-state index contributed by atoms with van der Waals surface area (Å²) < 4.78 is 0. The van der Waals surface area contributed by atoms with Crippen LogP contribution in [0.15, 0.2) is 42.5 Å². The third kappa shape index (κ3) is 9.49. The van der Waals surface area contributed by atoms with Gasteiger partial charge < -0.3 is 15.7 Å². The molecule has 2 aromatic carbocycles. The van der Waals surface area contributed by atoms with Gasteiger partial charge in [-0.1, -0.05) is 62.4 Å². The summed E-state index contributed by atoms with van der Waals surface area (Å²) in [6, 6.07) is 13.0. The van der Waals surface area contributed by atoms with Gasteiger partial charge in [0.15, 0.2) is 0 Å². The molecule has 1 saturated carbocycles. The minimum absolute atomic E-state index is 0.344. The lowest BCUT2D eigenvalue weighted by molar-refractivity contribution is -0.139. The van der Waals surface area contributed by atoms with Crippen LogP contribution < -0.4 is 10.6 Å². The molecule has 198 valence electrons. The Hall–Kier alpha value is -1.96. The van der Waals surface area contributed by atoms with Crippen molar-refractivity contribution in [1.82, 2.24) is 10.6 Å². The van der Waals surface area contributed by atoms with Gasteiger partial charge >= 0.3 is 5.97 Å². The van der Waals surface area contributed by atoms with Crippen molar-refractivity contribution in [2.75, 3.05) is 24.8 Å². The summed E-state index contributed by atoms with van der Waals surface area (Å²) >= 11 is 5.10. The standard InChI is InChI=1S/C28H38N2O3S.CH4S/c1-20-8-6-7-11-23(20)25-18-22(19-29-16-14-21-9-4-3-5-10-21)12-13-24(25)27(31)30-26(28(32)33)15-17-34-2;1-2/h6-8,11-13,18,21,26,29H,3-5,9-10,14-17,19H2,1-2H3,(H,30,31)(H,32,33);2H,1H3. The molecule has 1 atom stereocenters. The van der Waals surface area contributed by atoms with Crippen LogP contribution in [0.4, 0.5) is 0 Å². The predicted molar refractivity (Wildman–Crippen MR) is 156 cm³/mol. The molecule has 7 heteroatoms. The van der Waals surface area contributed by atoms with E-state index < -0.39 is 12.0 Å². The van der Waals surface area contributed by atoms with Gasteiger partial charge in [0.25, 0.3) is 5.91 Å². The van der Waals surface area contributed by atoms with Crippen LogP contribution in [-0.4, -0.2) is 47.8 Å². The molecule has 2 aromatic rings. The minimum atomic E-state index is -1.00. The molecule has 1 fully saturated rings. The first-order valence-electron chi connectivity index (χ1n) is 12.9. The maximum absolute atomic E-state index is 13.2. The van der Waals surface area contributed by atoms with Gasteiger partial charge in [-0.25, -0.2) is 4.79 Å². The van der Waals surface area contributed by atoms with Crippen molar-refractivity contribution in [3.8, 4) is 11.1 Å². The Morgan fingerprint density at radius 2 is 1.81 bits per heavy atom. The number of hydrogen-bond acceptors (Lipinski definition) is 5. The summed E-state index contributed by atoms with van der Waals surface area (Å²) in [7, 11) is 0. The highest BCUT2D eigenvalue weighted by Crippen LogP contribution is 2.29. The Kier molecular flexibility index (Phi) is 14.1. The van der Waals surface area contributed by atoms with Crippen molar-refractivity contribution in [3.63, 3.8) is 0 Å². The SMILES string of the molecule is CS.CSCCC(NC(=O)c1ccc(CNCCC2CCCCC2)cc1-c1ccccc1C)C(=O)O. The number of carbonyl (C=O) groups is 2. The number of benzene rings is 2.